The number of methoxy groups -OCH3 is 1. The second kappa shape index (κ2) is 11.0. The molecule has 0 unspecified atom stereocenters. The molecule has 3 aromatic rings. The Bertz CT molecular complexity index is 1460. The van der Waals surface area contributed by atoms with Gasteiger partial charge < -0.3 is 24.4 Å². The van der Waals surface area contributed by atoms with Gasteiger partial charge in [-0.2, -0.15) is 0 Å². The van der Waals surface area contributed by atoms with Crippen LogP contribution in [0.5, 0.6) is 17.2 Å². The maximum atomic E-state index is 14.3. The summed E-state index contributed by atoms with van der Waals surface area (Å²) < 4.78 is 17.6. The Morgan fingerprint density at radius 2 is 1.90 bits per heavy atom. The second-order valence-electron chi connectivity index (χ2n) is 13.1. The van der Waals surface area contributed by atoms with Crippen molar-refractivity contribution in [3.8, 4) is 17.2 Å². The van der Waals surface area contributed by atoms with Crippen LogP contribution in [-0.2, 0) is 6.54 Å². The number of ether oxygens (including phenoxy) is 3. The number of hydrogen-bond acceptors (Lipinski definition) is 7. The Morgan fingerprint density at radius 1 is 1.10 bits per heavy atom. The van der Waals surface area contributed by atoms with Crippen molar-refractivity contribution in [2.75, 3.05) is 26.7 Å². The predicted molar refractivity (Wildman–Crippen MR) is 162 cm³/mol. The van der Waals surface area contributed by atoms with Crippen molar-refractivity contribution in [1.82, 2.24) is 20.1 Å². The van der Waals surface area contributed by atoms with E-state index >= 15 is 0 Å². The number of carbonyl (C=O) groups is 1. The monoisotopic (exact) mass is 570 g/mol. The number of carbonyl (C=O) groups excluding carboxylic acids is 1. The quantitative estimate of drug-likeness (QED) is 0.389. The minimum atomic E-state index is -0.815. The van der Waals surface area contributed by atoms with Crippen molar-refractivity contribution in [2.24, 2.45) is 5.92 Å². The van der Waals surface area contributed by atoms with E-state index in [2.05, 4.69) is 22.3 Å². The standard InChI is InChI=1S/C34H42N4O4/c1-34(2)41-31-18-24(17-30(40-3)32(31)42-34)33(39)38(20-27-11-10-23-7-4-5-9-29(23)36-27)21-28-8-6-14-37(28)19-22-15-25-12-13-26(16-22)35-25/h4-5,7,9-11,17-18,22,25-26,28,35H,6,8,12-16,19-21H2,1-3H3/t22-,25+,26-,28-/m0/s1. The van der Waals surface area contributed by atoms with Gasteiger partial charge in [-0.3, -0.25) is 14.7 Å². The average molecular weight is 571 g/mol. The SMILES string of the molecule is COc1cc(C(=O)N(Cc2ccc3ccccc3n2)C[C@@H]2CCCN2C[C@H]2C[C@H]3CC[C@@H](C2)N3)cc2c1OC(C)(C)O2. The van der Waals surface area contributed by atoms with Crippen LogP contribution < -0.4 is 19.5 Å². The number of benzene rings is 2. The number of para-hydroxylation sites is 1. The molecule has 4 aliphatic heterocycles. The fourth-order valence-electron chi connectivity index (χ4n) is 7.61. The normalized spacial score (nSPS) is 26.1. The van der Waals surface area contributed by atoms with Crippen molar-refractivity contribution < 1.29 is 19.0 Å². The van der Waals surface area contributed by atoms with Gasteiger partial charge in [0.15, 0.2) is 11.5 Å². The van der Waals surface area contributed by atoms with Gasteiger partial charge in [-0.25, -0.2) is 0 Å². The highest BCUT2D eigenvalue weighted by atomic mass is 16.7. The largest absolute Gasteiger partial charge is 0.493 e. The minimum absolute atomic E-state index is 0.0499. The predicted octanol–water partition coefficient (Wildman–Crippen LogP) is 5.39. The van der Waals surface area contributed by atoms with Crippen LogP contribution in [0, 0.1) is 5.92 Å². The Balaban J connectivity index is 1.16. The van der Waals surface area contributed by atoms with E-state index in [1.54, 1.807) is 19.2 Å². The Morgan fingerprint density at radius 3 is 2.71 bits per heavy atom. The van der Waals surface area contributed by atoms with Crippen molar-refractivity contribution >= 4 is 16.8 Å². The van der Waals surface area contributed by atoms with Gasteiger partial charge in [-0.1, -0.05) is 24.3 Å². The van der Waals surface area contributed by atoms with Crippen molar-refractivity contribution in [2.45, 2.75) is 82.8 Å². The molecule has 5 heterocycles. The Hall–Kier alpha value is -3.36. The number of aromatic nitrogens is 1. The summed E-state index contributed by atoms with van der Waals surface area (Å²) >= 11 is 0. The zero-order valence-corrected chi connectivity index (χ0v) is 25.0. The first-order valence-electron chi connectivity index (χ1n) is 15.6. The maximum absolute atomic E-state index is 14.3. The fraction of sp³-hybridized carbons (Fsp3) is 0.529. The van der Waals surface area contributed by atoms with Crippen LogP contribution in [0.25, 0.3) is 10.9 Å². The van der Waals surface area contributed by atoms with Gasteiger partial charge in [0.05, 0.1) is 24.9 Å². The first-order chi connectivity index (χ1) is 20.3. The van der Waals surface area contributed by atoms with Gasteiger partial charge in [-0.05, 0) is 75.3 Å². The number of nitrogens with one attached hydrogen (secondary N) is 1. The molecule has 8 nitrogen and oxygen atoms in total. The lowest BCUT2D eigenvalue weighted by Gasteiger charge is -2.36. The molecule has 4 atom stereocenters. The molecule has 0 saturated carbocycles. The highest BCUT2D eigenvalue weighted by Crippen LogP contribution is 2.47. The topological polar surface area (TPSA) is 76.2 Å². The highest BCUT2D eigenvalue weighted by molar-refractivity contribution is 5.96. The molecule has 0 spiro atoms. The summed E-state index contributed by atoms with van der Waals surface area (Å²) in [4.78, 5) is 23.9. The van der Waals surface area contributed by atoms with Crippen LogP contribution in [0.2, 0.25) is 0 Å². The smallest absolute Gasteiger partial charge is 0.254 e. The van der Waals surface area contributed by atoms with E-state index in [9.17, 15) is 4.79 Å². The Kier molecular flexibility index (Phi) is 7.22. The molecular weight excluding hydrogens is 528 g/mol. The molecule has 0 aliphatic carbocycles. The van der Waals surface area contributed by atoms with Crippen LogP contribution in [0.1, 0.15) is 68.4 Å². The van der Waals surface area contributed by atoms with Crippen molar-refractivity contribution in [1.29, 1.82) is 0 Å². The Labute approximate surface area is 248 Å². The van der Waals surface area contributed by atoms with E-state index in [1.165, 1.54) is 32.1 Å². The van der Waals surface area contributed by atoms with E-state index < -0.39 is 5.79 Å². The van der Waals surface area contributed by atoms with Gasteiger partial charge >= 0.3 is 0 Å². The van der Waals surface area contributed by atoms with Gasteiger partial charge in [0.25, 0.3) is 5.91 Å². The van der Waals surface area contributed by atoms with Crippen molar-refractivity contribution in [3.63, 3.8) is 0 Å². The molecule has 222 valence electrons. The zero-order chi connectivity index (χ0) is 28.8. The molecule has 1 aromatic heterocycles. The number of nitrogens with zero attached hydrogens (tertiary/aromatic N) is 3. The molecule has 1 amide bonds. The molecular formula is C34H42N4O4. The number of piperidine rings is 1. The molecule has 1 N–H and O–H groups in total. The molecule has 3 saturated heterocycles. The van der Waals surface area contributed by atoms with Gasteiger partial charge in [0.1, 0.15) is 0 Å². The fourth-order valence-corrected chi connectivity index (χ4v) is 7.61. The number of rotatable bonds is 8. The third-order valence-corrected chi connectivity index (χ3v) is 9.48. The number of fused-ring (bicyclic) bond motifs is 4. The van der Waals surface area contributed by atoms with Crippen molar-refractivity contribution in [3.05, 3.63) is 59.8 Å². The molecule has 2 aromatic carbocycles. The number of likely N-dealkylation sites (tertiary alicyclic amines) is 1. The second-order valence-corrected chi connectivity index (χ2v) is 13.1. The third kappa shape index (κ3) is 5.54. The molecule has 3 fully saturated rings. The van der Waals surface area contributed by atoms with E-state index in [0.717, 1.165) is 42.0 Å². The first kappa shape index (κ1) is 27.5. The summed E-state index contributed by atoms with van der Waals surface area (Å²) in [7, 11) is 1.60. The highest BCUT2D eigenvalue weighted by Gasteiger charge is 2.38. The van der Waals surface area contributed by atoms with E-state index in [4.69, 9.17) is 19.2 Å². The van der Waals surface area contributed by atoms with Crippen LogP contribution in [0.15, 0.2) is 48.5 Å². The summed E-state index contributed by atoms with van der Waals surface area (Å²) in [6, 6.07) is 17.6. The molecule has 7 rings (SSSR count). The summed E-state index contributed by atoms with van der Waals surface area (Å²) in [5.41, 5.74) is 2.36. The summed E-state index contributed by atoms with van der Waals surface area (Å²) in [5.74, 6) is 1.45. The first-order valence-corrected chi connectivity index (χ1v) is 15.6. The third-order valence-electron chi connectivity index (χ3n) is 9.48. The molecule has 0 radical (unpaired) electrons. The minimum Gasteiger partial charge on any atom is -0.493 e. The van der Waals surface area contributed by atoms with Gasteiger partial charge in [0, 0.05) is 56.0 Å². The summed E-state index contributed by atoms with van der Waals surface area (Å²) in [6.45, 7) is 7.04. The number of amides is 1. The van der Waals surface area contributed by atoms with Crippen LogP contribution in [0.4, 0.5) is 0 Å². The molecule has 8 heteroatoms. The lowest BCUT2D eigenvalue weighted by Crippen LogP contribution is -2.47. The van der Waals surface area contributed by atoms with Gasteiger partial charge in [-0.15, -0.1) is 0 Å². The lowest BCUT2D eigenvalue weighted by atomic mass is 9.92. The van der Waals surface area contributed by atoms with E-state index in [-0.39, 0.29) is 5.91 Å². The molecule has 2 bridgehead atoms. The van der Waals surface area contributed by atoms with Crippen LogP contribution in [0.3, 0.4) is 0 Å². The molecule has 42 heavy (non-hydrogen) atoms. The maximum Gasteiger partial charge on any atom is 0.254 e. The number of pyridine rings is 1. The summed E-state index contributed by atoms with van der Waals surface area (Å²) in [5, 5.41) is 4.88. The van der Waals surface area contributed by atoms with Crippen LogP contribution in [-0.4, -0.2) is 71.3 Å². The van der Waals surface area contributed by atoms with Gasteiger partial charge in [0.2, 0.25) is 11.5 Å². The summed E-state index contributed by atoms with van der Waals surface area (Å²) in [6.07, 6.45) is 7.47. The lowest BCUT2D eigenvalue weighted by molar-refractivity contribution is -0.0439. The van der Waals surface area contributed by atoms with E-state index in [1.807, 2.05) is 43.0 Å². The van der Waals surface area contributed by atoms with E-state index in [0.29, 0.717) is 54.0 Å². The van der Waals surface area contributed by atoms with Crippen LogP contribution >= 0.6 is 0 Å². The average Bonchev–Trinajstić information content (AvgIpc) is 3.66. The molecule has 4 aliphatic rings. The number of hydrogen-bond donors (Lipinski definition) is 1. The zero-order valence-electron chi connectivity index (χ0n) is 25.0.